The summed E-state index contributed by atoms with van der Waals surface area (Å²) in [6, 6.07) is 5.42. The quantitative estimate of drug-likeness (QED) is 0.911. The van der Waals surface area contributed by atoms with Crippen LogP contribution in [0.2, 0.25) is 0 Å². The van der Waals surface area contributed by atoms with Gasteiger partial charge in [-0.1, -0.05) is 6.07 Å². The van der Waals surface area contributed by atoms with E-state index in [0.29, 0.717) is 12.3 Å². The van der Waals surface area contributed by atoms with Gasteiger partial charge in [-0.2, -0.15) is 0 Å². The van der Waals surface area contributed by atoms with Crippen molar-refractivity contribution in [2.24, 2.45) is 5.73 Å². The zero-order valence-corrected chi connectivity index (χ0v) is 13.0. The molecule has 0 spiro atoms. The third-order valence-electron chi connectivity index (χ3n) is 3.98. The Kier molecular flexibility index (Phi) is 4.59. The molecule has 0 saturated carbocycles. The highest BCUT2D eigenvalue weighted by Crippen LogP contribution is 2.35. The lowest BCUT2D eigenvalue weighted by Crippen LogP contribution is -2.30. The molecule has 2 N–H and O–H groups in total. The highest BCUT2D eigenvalue weighted by atomic mass is 19.1. The highest BCUT2D eigenvalue weighted by Gasteiger charge is 2.22. The van der Waals surface area contributed by atoms with Gasteiger partial charge in [-0.15, -0.1) is 0 Å². The molecule has 126 valence electrons. The molecular formula is C17H17F2N3O2. The van der Waals surface area contributed by atoms with Crippen LogP contribution in [0, 0.1) is 11.6 Å². The highest BCUT2D eigenvalue weighted by molar-refractivity contribution is 5.75. The molecule has 1 aromatic heterocycles. The lowest BCUT2D eigenvalue weighted by atomic mass is 10.00. The maximum Gasteiger partial charge on any atom is 0.255 e. The number of amides is 1. The summed E-state index contributed by atoms with van der Waals surface area (Å²) in [5, 5.41) is 0. The van der Waals surface area contributed by atoms with Crippen molar-refractivity contribution in [2.75, 3.05) is 18.1 Å². The van der Waals surface area contributed by atoms with Crippen molar-refractivity contribution in [3.63, 3.8) is 0 Å². The minimum absolute atomic E-state index is 0.0127. The minimum atomic E-state index is -0.664. The molecule has 0 fully saturated rings. The van der Waals surface area contributed by atoms with Gasteiger partial charge < -0.3 is 15.4 Å². The van der Waals surface area contributed by atoms with Crippen LogP contribution in [0.1, 0.15) is 17.5 Å². The van der Waals surface area contributed by atoms with Gasteiger partial charge in [0.15, 0.2) is 6.61 Å². The fraction of sp³-hybridized carbons (Fsp3) is 0.294. The third-order valence-corrected chi connectivity index (χ3v) is 3.98. The number of carbonyl (C=O) groups excluding carboxylic acids is 1. The molecule has 0 radical (unpaired) electrons. The predicted molar refractivity (Wildman–Crippen MR) is 84.7 cm³/mol. The standard InChI is InChI=1S/C17H17F2N3O2/c18-13-7-21-8-14(19)12(13)9-22-6-2-3-11-15(22)4-1-5-16(11)24-10-17(20)23/h1,4-5,7-8H,2-3,6,9-10H2,(H2,20,23). The molecule has 1 amide bonds. The average molecular weight is 333 g/mol. The van der Waals surface area contributed by atoms with Crippen LogP contribution in [-0.4, -0.2) is 24.0 Å². The largest absolute Gasteiger partial charge is 0.483 e. The van der Waals surface area contributed by atoms with Gasteiger partial charge in [-0.05, 0) is 25.0 Å². The first-order valence-electron chi connectivity index (χ1n) is 7.62. The van der Waals surface area contributed by atoms with Gasteiger partial charge in [0.2, 0.25) is 0 Å². The molecule has 0 aliphatic carbocycles. The molecule has 5 nitrogen and oxygen atoms in total. The Hall–Kier alpha value is -2.70. The SMILES string of the molecule is NC(=O)COc1cccc2c1CCCN2Cc1c(F)cncc1F. The summed E-state index contributed by atoms with van der Waals surface area (Å²) in [4.78, 5) is 16.3. The van der Waals surface area contributed by atoms with Crippen molar-refractivity contribution in [1.29, 1.82) is 0 Å². The normalized spacial score (nSPS) is 13.5. The average Bonchev–Trinajstić information content (AvgIpc) is 2.56. The molecule has 0 atom stereocenters. The van der Waals surface area contributed by atoms with Gasteiger partial charge in [-0.3, -0.25) is 9.78 Å². The van der Waals surface area contributed by atoms with Crippen molar-refractivity contribution in [2.45, 2.75) is 19.4 Å². The van der Waals surface area contributed by atoms with Gasteiger partial charge >= 0.3 is 0 Å². The van der Waals surface area contributed by atoms with E-state index in [2.05, 4.69) is 4.98 Å². The number of pyridine rings is 1. The molecule has 0 bridgehead atoms. The summed E-state index contributed by atoms with van der Waals surface area (Å²) in [6.07, 6.45) is 3.60. The first-order chi connectivity index (χ1) is 11.6. The fourth-order valence-electron chi connectivity index (χ4n) is 2.90. The molecule has 1 aromatic carbocycles. The van der Waals surface area contributed by atoms with Crippen LogP contribution in [0.25, 0.3) is 0 Å². The lowest BCUT2D eigenvalue weighted by Gasteiger charge is -2.32. The molecule has 0 saturated heterocycles. The van der Waals surface area contributed by atoms with Gasteiger partial charge in [0.1, 0.15) is 17.4 Å². The van der Waals surface area contributed by atoms with Crippen LogP contribution >= 0.6 is 0 Å². The topological polar surface area (TPSA) is 68.5 Å². The van der Waals surface area contributed by atoms with Gasteiger partial charge in [0, 0.05) is 29.9 Å². The number of aromatic nitrogens is 1. The van der Waals surface area contributed by atoms with Crippen molar-refractivity contribution in [3.05, 3.63) is 53.4 Å². The van der Waals surface area contributed by atoms with Crippen LogP contribution in [0.3, 0.4) is 0 Å². The monoisotopic (exact) mass is 333 g/mol. The summed E-state index contributed by atoms with van der Waals surface area (Å²) in [5.41, 5.74) is 6.87. The third kappa shape index (κ3) is 3.29. The van der Waals surface area contributed by atoms with E-state index in [4.69, 9.17) is 10.5 Å². The molecular weight excluding hydrogens is 316 g/mol. The van der Waals surface area contributed by atoms with E-state index in [1.807, 2.05) is 11.0 Å². The molecule has 2 aromatic rings. The first kappa shape index (κ1) is 16.2. The maximum absolute atomic E-state index is 13.9. The van der Waals surface area contributed by atoms with E-state index in [9.17, 15) is 13.6 Å². The zero-order valence-electron chi connectivity index (χ0n) is 13.0. The number of nitrogens with zero attached hydrogens (tertiary/aromatic N) is 2. The van der Waals surface area contributed by atoms with Crippen molar-refractivity contribution < 1.29 is 18.3 Å². The van der Waals surface area contributed by atoms with E-state index < -0.39 is 17.5 Å². The summed E-state index contributed by atoms with van der Waals surface area (Å²) in [7, 11) is 0. The number of halogens is 2. The predicted octanol–water partition coefficient (Wildman–Crippen LogP) is 2.18. The minimum Gasteiger partial charge on any atom is -0.483 e. The van der Waals surface area contributed by atoms with Gasteiger partial charge in [0.25, 0.3) is 5.91 Å². The smallest absolute Gasteiger partial charge is 0.255 e. The summed E-state index contributed by atoms with van der Waals surface area (Å²) in [5.74, 6) is -1.31. The number of benzene rings is 1. The van der Waals surface area contributed by atoms with Crippen LogP contribution in [0.4, 0.5) is 14.5 Å². The molecule has 7 heteroatoms. The Morgan fingerprint density at radius 3 is 2.75 bits per heavy atom. The molecule has 1 aliphatic rings. The number of rotatable bonds is 5. The van der Waals surface area contributed by atoms with Crippen LogP contribution in [-0.2, 0) is 17.8 Å². The molecule has 2 heterocycles. The van der Waals surface area contributed by atoms with Crippen LogP contribution in [0.15, 0.2) is 30.6 Å². The molecule has 0 unspecified atom stereocenters. The van der Waals surface area contributed by atoms with Crippen molar-refractivity contribution in [1.82, 2.24) is 4.98 Å². The number of ether oxygens (including phenoxy) is 1. The Bertz CT molecular complexity index is 747. The molecule has 24 heavy (non-hydrogen) atoms. The summed E-state index contributed by atoms with van der Waals surface area (Å²) in [6.45, 7) is 0.573. The second-order valence-electron chi connectivity index (χ2n) is 5.62. The second kappa shape index (κ2) is 6.82. The van der Waals surface area contributed by atoms with Crippen LogP contribution in [0.5, 0.6) is 5.75 Å². The summed E-state index contributed by atoms with van der Waals surface area (Å²) < 4.78 is 33.2. The number of hydrogen-bond donors (Lipinski definition) is 1. The zero-order chi connectivity index (χ0) is 17.1. The Labute approximate surface area is 138 Å². The summed E-state index contributed by atoms with van der Waals surface area (Å²) >= 11 is 0. The Morgan fingerprint density at radius 1 is 1.29 bits per heavy atom. The maximum atomic E-state index is 13.9. The second-order valence-corrected chi connectivity index (χ2v) is 5.62. The van der Waals surface area contributed by atoms with Gasteiger partial charge in [-0.25, -0.2) is 8.78 Å². The van der Waals surface area contributed by atoms with Crippen LogP contribution < -0.4 is 15.4 Å². The number of fused-ring (bicyclic) bond motifs is 1. The van der Waals surface area contributed by atoms with Crippen molar-refractivity contribution >= 4 is 11.6 Å². The number of primary amides is 1. The van der Waals surface area contributed by atoms with E-state index in [1.165, 1.54) is 0 Å². The number of nitrogens with two attached hydrogens (primary N) is 1. The molecule has 3 rings (SSSR count). The van der Waals surface area contributed by atoms with E-state index in [0.717, 1.165) is 36.5 Å². The van der Waals surface area contributed by atoms with E-state index in [1.54, 1.807) is 12.1 Å². The number of carbonyl (C=O) groups is 1. The van der Waals surface area contributed by atoms with Crippen molar-refractivity contribution in [3.8, 4) is 5.75 Å². The van der Waals surface area contributed by atoms with E-state index in [-0.39, 0.29) is 18.7 Å². The van der Waals surface area contributed by atoms with Gasteiger partial charge in [0.05, 0.1) is 12.4 Å². The van der Waals surface area contributed by atoms with E-state index >= 15 is 0 Å². The number of hydrogen-bond acceptors (Lipinski definition) is 4. The Balaban J connectivity index is 1.89. The molecule has 1 aliphatic heterocycles. The fourth-order valence-corrected chi connectivity index (χ4v) is 2.90. The first-order valence-corrected chi connectivity index (χ1v) is 7.62. The Morgan fingerprint density at radius 2 is 2.04 bits per heavy atom. The number of anilines is 1. The lowest BCUT2D eigenvalue weighted by molar-refractivity contribution is -0.119.